The van der Waals surface area contributed by atoms with Gasteiger partial charge in [-0.25, -0.2) is 0 Å². The van der Waals surface area contributed by atoms with Crippen LogP contribution in [0.4, 0.5) is 0 Å². The van der Waals surface area contributed by atoms with Gasteiger partial charge in [0.2, 0.25) is 0 Å². The molecule has 20 heavy (non-hydrogen) atoms. The van der Waals surface area contributed by atoms with Gasteiger partial charge in [-0.15, -0.1) is 0 Å². The Balaban J connectivity index is 1.63. The molecule has 1 aromatic rings. The molecule has 1 atom stereocenters. The third kappa shape index (κ3) is 2.94. The van der Waals surface area contributed by atoms with E-state index in [9.17, 15) is 0 Å². The van der Waals surface area contributed by atoms with Crippen LogP contribution in [0, 0.1) is 5.41 Å². The fourth-order valence-electron chi connectivity index (χ4n) is 3.97. The summed E-state index contributed by atoms with van der Waals surface area (Å²) in [6, 6.07) is 2.49. The molecule has 0 bridgehead atoms. The lowest BCUT2D eigenvalue weighted by atomic mass is 9.74. The minimum atomic E-state index is 0.230. The molecule has 1 unspecified atom stereocenters. The second-order valence-electron chi connectivity index (χ2n) is 7.47. The van der Waals surface area contributed by atoms with E-state index in [4.69, 9.17) is 5.73 Å². The zero-order valence-corrected chi connectivity index (χ0v) is 13.1. The summed E-state index contributed by atoms with van der Waals surface area (Å²) in [5, 5.41) is 0. The van der Waals surface area contributed by atoms with Crippen LogP contribution >= 0.6 is 0 Å². The summed E-state index contributed by atoms with van der Waals surface area (Å²) < 4.78 is 2.46. The summed E-state index contributed by atoms with van der Waals surface area (Å²) in [7, 11) is 0. The number of likely N-dealkylation sites (tertiary alicyclic amines) is 1. The van der Waals surface area contributed by atoms with Gasteiger partial charge in [-0.2, -0.15) is 0 Å². The maximum atomic E-state index is 6.34. The number of rotatable bonds is 4. The van der Waals surface area contributed by atoms with Crippen LogP contribution < -0.4 is 5.73 Å². The van der Waals surface area contributed by atoms with Gasteiger partial charge in [-0.3, -0.25) is 0 Å². The Kier molecular flexibility index (Phi) is 3.91. The van der Waals surface area contributed by atoms with Gasteiger partial charge in [0, 0.05) is 24.5 Å². The van der Waals surface area contributed by atoms with Gasteiger partial charge >= 0.3 is 0 Å². The molecule has 1 aliphatic carbocycles. The van der Waals surface area contributed by atoms with E-state index < -0.39 is 0 Å². The summed E-state index contributed by atoms with van der Waals surface area (Å²) in [6.07, 6.45) is 8.58. The third-order valence-corrected chi connectivity index (χ3v) is 5.00. The number of nitrogens with zero attached hydrogens (tertiary/aromatic N) is 2. The summed E-state index contributed by atoms with van der Waals surface area (Å²) in [4.78, 5) is 2.60. The van der Waals surface area contributed by atoms with Gasteiger partial charge < -0.3 is 15.2 Å². The Morgan fingerprint density at radius 1 is 1.25 bits per heavy atom. The highest BCUT2D eigenvalue weighted by Crippen LogP contribution is 2.39. The number of aromatic nitrogens is 1. The maximum absolute atomic E-state index is 6.34. The Bertz CT molecular complexity index is 455. The van der Waals surface area contributed by atoms with E-state index in [1.54, 1.807) is 0 Å². The summed E-state index contributed by atoms with van der Waals surface area (Å²) in [5.74, 6) is 0. The number of hydrogen-bond donors (Lipinski definition) is 1. The molecule has 2 aliphatic rings. The number of hydrogen-bond acceptors (Lipinski definition) is 2. The first-order valence-corrected chi connectivity index (χ1v) is 8.21. The zero-order chi connectivity index (χ0) is 14.2. The fraction of sp³-hybridized carbons (Fsp3) is 0.765. The van der Waals surface area contributed by atoms with Crippen LogP contribution in [0.5, 0.6) is 0 Å². The monoisotopic (exact) mass is 275 g/mol. The van der Waals surface area contributed by atoms with Crippen molar-refractivity contribution < 1.29 is 0 Å². The first kappa shape index (κ1) is 14.2. The van der Waals surface area contributed by atoms with Gasteiger partial charge in [0.1, 0.15) is 0 Å². The van der Waals surface area contributed by atoms with Crippen molar-refractivity contribution in [1.82, 2.24) is 9.47 Å². The van der Waals surface area contributed by atoms with Crippen molar-refractivity contribution in [3.8, 4) is 0 Å². The lowest BCUT2D eigenvalue weighted by molar-refractivity contribution is 0.272. The Morgan fingerprint density at radius 2 is 2.00 bits per heavy atom. The van der Waals surface area contributed by atoms with Gasteiger partial charge in [0.25, 0.3) is 0 Å². The van der Waals surface area contributed by atoms with E-state index in [1.807, 2.05) is 0 Å². The van der Waals surface area contributed by atoms with Crippen LogP contribution in [-0.2, 0) is 13.0 Å². The van der Waals surface area contributed by atoms with Crippen molar-refractivity contribution in [3.63, 3.8) is 0 Å². The lowest BCUT2D eigenvalue weighted by Crippen LogP contribution is -2.30. The fourth-order valence-corrected chi connectivity index (χ4v) is 3.97. The average molecular weight is 275 g/mol. The van der Waals surface area contributed by atoms with Crippen LogP contribution in [-0.4, -0.2) is 29.1 Å². The van der Waals surface area contributed by atoms with E-state index in [-0.39, 0.29) is 6.04 Å². The van der Waals surface area contributed by atoms with Gasteiger partial charge in [0.05, 0.1) is 0 Å². The predicted molar refractivity (Wildman–Crippen MR) is 83.8 cm³/mol. The van der Waals surface area contributed by atoms with Crippen LogP contribution in [0.2, 0.25) is 0 Å². The summed E-state index contributed by atoms with van der Waals surface area (Å²) >= 11 is 0. The highest BCUT2D eigenvalue weighted by Gasteiger charge is 2.32. The summed E-state index contributed by atoms with van der Waals surface area (Å²) in [5.41, 5.74) is 9.58. The van der Waals surface area contributed by atoms with Crippen molar-refractivity contribution in [2.75, 3.05) is 19.6 Å². The van der Waals surface area contributed by atoms with Crippen LogP contribution in [0.15, 0.2) is 12.3 Å². The molecule has 1 aliphatic heterocycles. The maximum Gasteiger partial charge on any atom is 0.0318 e. The van der Waals surface area contributed by atoms with Crippen LogP contribution in [0.25, 0.3) is 0 Å². The van der Waals surface area contributed by atoms with Crippen molar-refractivity contribution in [2.24, 2.45) is 11.1 Å². The summed E-state index contributed by atoms with van der Waals surface area (Å²) in [6.45, 7) is 9.70. The Morgan fingerprint density at radius 3 is 2.75 bits per heavy atom. The van der Waals surface area contributed by atoms with Crippen molar-refractivity contribution >= 4 is 0 Å². The topological polar surface area (TPSA) is 34.2 Å². The molecule has 1 saturated heterocycles. The third-order valence-electron chi connectivity index (χ3n) is 5.00. The molecule has 3 heteroatoms. The molecule has 0 spiro atoms. The predicted octanol–water partition coefficient (Wildman–Crippen LogP) is 2.95. The molecule has 1 fully saturated rings. The van der Waals surface area contributed by atoms with E-state index in [1.165, 1.54) is 56.6 Å². The smallest absolute Gasteiger partial charge is 0.0318 e. The molecule has 0 saturated carbocycles. The number of aryl methyl sites for hydroxylation is 1. The standard InChI is InChI=1S/C17H29N3/c1-17(2)12-15(18)14-6-11-20(16(14)13-17)10-5-9-19-7-3-4-8-19/h6,11,15H,3-5,7-10,12-13,18H2,1-2H3. The van der Waals surface area contributed by atoms with Crippen molar-refractivity contribution in [2.45, 2.75) is 58.5 Å². The Labute approximate surface area is 123 Å². The van der Waals surface area contributed by atoms with Crippen LogP contribution in [0.3, 0.4) is 0 Å². The first-order valence-electron chi connectivity index (χ1n) is 8.21. The van der Waals surface area contributed by atoms with Gasteiger partial charge in [0.15, 0.2) is 0 Å². The van der Waals surface area contributed by atoms with E-state index >= 15 is 0 Å². The van der Waals surface area contributed by atoms with E-state index in [2.05, 4.69) is 35.6 Å². The lowest BCUT2D eigenvalue weighted by Gasteiger charge is -2.34. The minimum Gasteiger partial charge on any atom is -0.351 e. The number of nitrogens with two attached hydrogens (primary N) is 1. The molecule has 3 rings (SSSR count). The highest BCUT2D eigenvalue weighted by atomic mass is 15.1. The zero-order valence-electron chi connectivity index (χ0n) is 13.1. The molecular formula is C17H29N3. The highest BCUT2D eigenvalue weighted by molar-refractivity contribution is 5.30. The molecule has 112 valence electrons. The second kappa shape index (κ2) is 5.53. The molecule has 1 aromatic heterocycles. The molecule has 2 heterocycles. The molecule has 3 nitrogen and oxygen atoms in total. The minimum absolute atomic E-state index is 0.230. The molecule has 0 radical (unpaired) electrons. The normalized spacial score (nSPS) is 25.9. The van der Waals surface area contributed by atoms with E-state index in [0.29, 0.717) is 5.41 Å². The van der Waals surface area contributed by atoms with Gasteiger partial charge in [-0.05, 0) is 68.8 Å². The first-order chi connectivity index (χ1) is 9.55. The molecule has 2 N–H and O–H groups in total. The molecule has 0 aromatic carbocycles. The Hall–Kier alpha value is -0.800. The SMILES string of the molecule is CC1(C)Cc2c(ccn2CCCN2CCCC2)C(N)C1. The average Bonchev–Trinajstić information content (AvgIpc) is 2.98. The largest absolute Gasteiger partial charge is 0.351 e. The van der Waals surface area contributed by atoms with Crippen molar-refractivity contribution in [1.29, 1.82) is 0 Å². The number of fused-ring (bicyclic) bond motifs is 1. The quantitative estimate of drug-likeness (QED) is 0.916. The molecular weight excluding hydrogens is 246 g/mol. The molecule has 0 amide bonds. The van der Waals surface area contributed by atoms with E-state index in [0.717, 1.165) is 13.0 Å². The second-order valence-corrected chi connectivity index (χ2v) is 7.47. The van der Waals surface area contributed by atoms with Gasteiger partial charge in [-0.1, -0.05) is 13.8 Å². The van der Waals surface area contributed by atoms with Crippen LogP contribution in [0.1, 0.15) is 56.8 Å². The van der Waals surface area contributed by atoms with Crippen molar-refractivity contribution in [3.05, 3.63) is 23.5 Å².